The number of aromatic carboxylic acids is 1. The molecule has 1 unspecified atom stereocenters. The van der Waals surface area contributed by atoms with E-state index >= 15 is 0 Å². The molecule has 1 fully saturated rings. The lowest BCUT2D eigenvalue weighted by Gasteiger charge is -2.15. The summed E-state index contributed by atoms with van der Waals surface area (Å²) in [7, 11) is 0. The van der Waals surface area contributed by atoms with Crippen LogP contribution in [0.5, 0.6) is 5.75 Å². The molecule has 2 aromatic carbocycles. The maximum Gasteiger partial charge on any atom is 0.335 e. The van der Waals surface area contributed by atoms with Crippen LogP contribution in [-0.2, 0) is 17.9 Å². The van der Waals surface area contributed by atoms with Gasteiger partial charge in [0.25, 0.3) is 0 Å². The Bertz CT molecular complexity index is 973. The van der Waals surface area contributed by atoms with Gasteiger partial charge in [0.05, 0.1) is 29.2 Å². The van der Waals surface area contributed by atoms with Crippen LogP contribution in [0.3, 0.4) is 0 Å². The number of imidazole rings is 1. The molecule has 4 rings (SSSR count). The molecule has 1 atom stereocenters. The van der Waals surface area contributed by atoms with Gasteiger partial charge < -0.3 is 19.1 Å². The Kier molecular flexibility index (Phi) is 4.81. The van der Waals surface area contributed by atoms with E-state index < -0.39 is 5.97 Å². The van der Waals surface area contributed by atoms with Crippen molar-refractivity contribution in [3.05, 3.63) is 59.4 Å². The van der Waals surface area contributed by atoms with Crippen molar-refractivity contribution in [2.45, 2.75) is 39.0 Å². The van der Waals surface area contributed by atoms with Gasteiger partial charge in [-0.3, -0.25) is 0 Å². The number of carboxylic acids is 1. The molecular weight excluding hydrogens is 344 g/mol. The van der Waals surface area contributed by atoms with Gasteiger partial charge in [-0.25, -0.2) is 9.78 Å². The number of rotatable bonds is 6. The van der Waals surface area contributed by atoms with E-state index in [1.165, 1.54) is 0 Å². The van der Waals surface area contributed by atoms with Gasteiger partial charge in [0.15, 0.2) is 0 Å². The Morgan fingerprint density at radius 3 is 2.93 bits per heavy atom. The van der Waals surface area contributed by atoms with Gasteiger partial charge in [0.2, 0.25) is 0 Å². The van der Waals surface area contributed by atoms with E-state index in [0.29, 0.717) is 18.7 Å². The Balaban J connectivity index is 1.67. The SMILES string of the molecule is Cc1ccccc1OCc1nc2cc(C(=O)O)ccc2n1CC1CCCO1. The number of nitrogens with zero attached hydrogens (tertiary/aromatic N) is 2. The normalized spacial score (nSPS) is 16.7. The fourth-order valence-corrected chi connectivity index (χ4v) is 3.48. The van der Waals surface area contributed by atoms with E-state index in [1.807, 2.05) is 37.3 Å². The number of hydrogen-bond donors (Lipinski definition) is 1. The molecule has 6 heteroatoms. The number of fused-ring (bicyclic) bond motifs is 1. The lowest BCUT2D eigenvalue weighted by atomic mass is 10.2. The molecule has 3 aromatic rings. The predicted molar refractivity (Wildman–Crippen MR) is 101 cm³/mol. The van der Waals surface area contributed by atoms with Gasteiger partial charge in [0.1, 0.15) is 18.2 Å². The summed E-state index contributed by atoms with van der Waals surface area (Å²) in [5.41, 5.74) is 2.86. The third-order valence-electron chi connectivity index (χ3n) is 4.93. The summed E-state index contributed by atoms with van der Waals surface area (Å²) in [5, 5.41) is 9.25. The molecule has 6 nitrogen and oxygen atoms in total. The number of benzene rings is 2. The lowest BCUT2D eigenvalue weighted by Crippen LogP contribution is -2.18. The van der Waals surface area contributed by atoms with Crippen LogP contribution in [0, 0.1) is 6.92 Å². The molecule has 1 aliphatic heterocycles. The molecule has 140 valence electrons. The second kappa shape index (κ2) is 7.40. The zero-order valence-electron chi connectivity index (χ0n) is 15.2. The maximum atomic E-state index is 11.3. The van der Waals surface area contributed by atoms with Crippen LogP contribution in [0.4, 0.5) is 0 Å². The molecule has 0 bridgehead atoms. The summed E-state index contributed by atoms with van der Waals surface area (Å²) in [6.45, 7) is 3.79. The van der Waals surface area contributed by atoms with Gasteiger partial charge in [-0.15, -0.1) is 0 Å². The highest BCUT2D eigenvalue weighted by molar-refractivity contribution is 5.92. The zero-order valence-corrected chi connectivity index (χ0v) is 15.2. The van der Waals surface area contributed by atoms with Crippen molar-refractivity contribution in [3.8, 4) is 5.75 Å². The predicted octanol–water partition coefficient (Wildman–Crippen LogP) is 3.80. The molecular formula is C21H22N2O4. The highest BCUT2D eigenvalue weighted by atomic mass is 16.5. The highest BCUT2D eigenvalue weighted by Crippen LogP contribution is 2.24. The zero-order chi connectivity index (χ0) is 18.8. The summed E-state index contributed by atoms with van der Waals surface area (Å²) in [5.74, 6) is 0.633. The summed E-state index contributed by atoms with van der Waals surface area (Å²) < 4.78 is 13.9. The Hall–Kier alpha value is -2.86. The number of aryl methyl sites for hydroxylation is 1. The third-order valence-corrected chi connectivity index (χ3v) is 4.93. The number of para-hydroxylation sites is 1. The van der Waals surface area contributed by atoms with Crippen molar-refractivity contribution in [1.82, 2.24) is 9.55 Å². The number of carboxylic acid groups (broad SMARTS) is 1. The first-order valence-electron chi connectivity index (χ1n) is 9.14. The monoisotopic (exact) mass is 366 g/mol. The van der Waals surface area contributed by atoms with Crippen LogP contribution < -0.4 is 4.74 Å². The Labute approximate surface area is 157 Å². The van der Waals surface area contributed by atoms with Crippen molar-refractivity contribution in [1.29, 1.82) is 0 Å². The van der Waals surface area contributed by atoms with Crippen molar-refractivity contribution >= 4 is 17.0 Å². The van der Waals surface area contributed by atoms with Crippen LogP contribution in [0.25, 0.3) is 11.0 Å². The largest absolute Gasteiger partial charge is 0.485 e. The van der Waals surface area contributed by atoms with Crippen molar-refractivity contribution in [3.63, 3.8) is 0 Å². The van der Waals surface area contributed by atoms with E-state index in [4.69, 9.17) is 9.47 Å². The second-order valence-corrected chi connectivity index (χ2v) is 6.84. The van der Waals surface area contributed by atoms with Crippen LogP contribution >= 0.6 is 0 Å². The topological polar surface area (TPSA) is 73.6 Å². The van der Waals surface area contributed by atoms with Crippen LogP contribution in [0.15, 0.2) is 42.5 Å². The van der Waals surface area contributed by atoms with E-state index in [0.717, 1.165) is 42.1 Å². The third kappa shape index (κ3) is 3.66. The summed E-state index contributed by atoms with van der Waals surface area (Å²) in [6, 6.07) is 12.9. The molecule has 1 aromatic heterocycles. The molecule has 2 heterocycles. The molecule has 1 aliphatic rings. The average molecular weight is 366 g/mol. The molecule has 1 N–H and O–H groups in total. The Morgan fingerprint density at radius 2 is 2.19 bits per heavy atom. The average Bonchev–Trinajstić information content (AvgIpc) is 3.29. The van der Waals surface area contributed by atoms with E-state index in [1.54, 1.807) is 12.1 Å². The van der Waals surface area contributed by atoms with Gasteiger partial charge in [-0.05, 0) is 49.6 Å². The lowest BCUT2D eigenvalue weighted by molar-refractivity contribution is 0.0697. The van der Waals surface area contributed by atoms with Gasteiger partial charge in [-0.1, -0.05) is 18.2 Å². The summed E-state index contributed by atoms with van der Waals surface area (Å²) in [4.78, 5) is 15.9. The molecule has 0 saturated carbocycles. The summed E-state index contributed by atoms with van der Waals surface area (Å²) in [6.07, 6.45) is 2.24. The number of carbonyl (C=O) groups is 1. The maximum absolute atomic E-state index is 11.3. The highest BCUT2D eigenvalue weighted by Gasteiger charge is 2.21. The first kappa shape index (κ1) is 17.5. The molecule has 0 amide bonds. The molecule has 0 spiro atoms. The first-order valence-corrected chi connectivity index (χ1v) is 9.14. The standard InChI is InChI=1S/C21H22N2O4/c1-14-5-2-3-7-19(14)27-13-20-22-17-11-15(21(24)25)8-9-18(17)23(20)12-16-6-4-10-26-16/h2-3,5,7-9,11,16H,4,6,10,12-13H2,1H3,(H,24,25). The van der Waals surface area contributed by atoms with Crippen molar-refractivity contribution < 1.29 is 19.4 Å². The Morgan fingerprint density at radius 1 is 1.33 bits per heavy atom. The second-order valence-electron chi connectivity index (χ2n) is 6.84. The van der Waals surface area contributed by atoms with Crippen LogP contribution in [-0.4, -0.2) is 33.3 Å². The number of hydrogen-bond acceptors (Lipinski definition) is 4. The van der Waals surface area contributed by atoms with Crippen molar-refractivity contribution in [2.24, 2.45) is 0 Å². The fourth-order valence-electron chi connectivity index (χ4n) is 3.48. The van der Waals surface area contributed by atoms with E-state index in [2.05, 4.69) is 9.55 Å². The summed E-state index contributed by atoms with van der Waals surface area (Å²) >= 11 is 0. The van der Waals surface area contributed by atoms with Crippen molar-refractivity contribution in [2.75, 3.05) is 6.61 Å². The minimum absolute atomic E-state index is 0.152. The molecule has 27 heavy (non-hydrogen) atoms. The molecule has 1 saturated heterocycles. The van der Waals surface area contributed by atoms with Crippen LogP contribution in [0.1, 0.15) is 34.6 Å². The molecule has 0 radical (unpaired) electrons. The fraction of sp³-hybridized carbons (Fsp3) is 0.333. The first-order chi connectivity index (χ1) is 13.1. The molecule has 0 aliphatic carbocycles. The van der Waals surface area contributed by atoms with Gasteiger partial charge >= 0.3 is 5.97 Å². The number of ether oxygens (including phenoxy) is 2. The van der Waals surface area contributed by atoms with Gasteiger partial charge in [0, 0.05) is 6.61 Å². The quantitative estimate of drug-likeness (QED) is 0.718. The van der Waals surface area contributed by atoms with E-state index in [9.17, 15) is 9.90 Å². The van der Waals surface area contributed by atoms with E-state index in [-0.39, 0.29) is 11.7 Å². The minimum atomic E-state index is -0.955. The minimum Gasteiger partial charge on any atom is -0.485 e. The van der Waals surface area contributed by atoms with Crippen LogP contribution in [0.2, 0.25) is 0 Å². The van der Waals surface area contributed by atoms with Gasteiger partial charge in [-0.2, -0.15) is 0 Å². The smallest absolute Gasteiger partial charge is 0.335 e. The number of aromatic nitrogens is 2.